The number of ether oxygens (including phenoxy) is 1. The summed E-state index contributed by atoms with van der Waals surface area (Å²) in [6.07, 6.45) is 5.02. The molecule has 2 aromatic carbocycles. The molecule has 2 heterocycles. The molecular formula is C28H39N3O. The lowest BCUT2D eigenvalue weighted by Gasteiger charge is -2.49. The Labute approximate surface area is 193 Å². The van der Waals surface area contributed by atoms with Gasteiger partial charge in [0.05, 0.1) is 12.8 Å². The van der Waals surface area contributed by atoms with Gasteiger partial charge >= 0.3 is 0 Å². The van der Waals surface area contributed by atoms with Crippen LogP contribution in [-0.2, 0) is 0 Å². The van der Waals surface area contributed by atoms with Gasteiger partial charge in [-0.15, -0.1) is 0 Å². The molecule has 2 N–H and O–H groups in total. The number of aromatic nitrogens is 1. The monoisotopic (exact) mass is 433 g/mol. The van der Waals surface area contributed by atoms with E-state index in [-0.39, 0.29) is 0 Å². The van der Waals surface area contributed by atoms with Crippen LogP contribution in [0.4, 0.5) is 0 Å². The number of fused-ring (bicyclic) bond motifs is 1. The third kappa shape index (κ3) is 4.44. The Morgan fingerprint density at radius 1 is 1.16 bits per heavy atom. The minimum Gasteiger partial charge on any atom is -0.496 e. The molecule has 0 spiro atoms. The standard InChI is InChI=1S/C28H39N3O/c1-5-14-28(6-2)20-31(17-15-29-3)16-13-24(28)21-11-12-25-22(18-21)19-26(30-25)23-9-7-8-10-27(23)32-4/h7-12,18-19,24,29-30H,5-6,13-17,20H2,1-4H3. The van der Waals surface area contributed by atoms with E-state index >= 15 is 0 Å². The molecule has 2 atom stereocenters. The van der Waals surface area contributed by atoms with Crippen molar-refractivity contribution in [2.24, 2.45) is 5.41 Å². The lowest BCUT2D eigenvalue weighted by molar-refractivity contribution is 0.0518. The highest BCUT2D eigenvalue weighted by Gasteiger charge is 2.41. The SMILES string of the molecule is CCCC1(CC)CN(CCNC)CCC1c1ccc2[nH]c(-c3ccccc3OC)cc2c1. The lowest BCUT2D eigenvalue weighted by atomic mass is 9.64. The number of rotatable bonds is 9. The van der Waals surface area contributed by atoms with Crippen molar-refractivity contribution < 1.29 is 4.74 Å². The van der Waals surface area contributed by atoms with Crippen LogP contribution in [0.15, 0.2) is 48.5 Å². The number of para-hydroxylation sites is 1. The first-order valence-corrected chi connectivity index (χ1v) is 12.3. The van der Waals surface area contributed by atoms with Crippen molar-refractivity contribution >= 4 is 10.9 Å². The van der Waals surface area contributed by atoms with Gasteiger partial charge in [0.2, 0.25) is 0 Å². The molecule has 0 radical (unpaired) electrons. The highest BCUT2D eigenvalue weighted by atomic mass is 16.5. The molecule has 0 bridgehead atoms. The summed E-state index contributed by atoms with van der Waals surface area (Å²) in [7, 11) is 3.79. The first kappa shape index (κ1) is 22.9. The minimum absolute atomic E-state index is 0.357. The van der Waals surface area contributed by atoms with Gasteiger partial charge in [0.25, 0.3) is 0 Å². The molecule has 0 saturated carbocycles. The van der Waals surface area contributed by atoms with E-state index in [0.717, 1.165) is 30.1 Å². The molecule has 1 aromatic heterocycles. The fourth-order valence-corrected chi connectivity index (χ4v) is 5.90. The van der Waals surface area contributed by atoms with Crippen molar-refractivity contribution in [3.05, 3.63) is 54.1 Å². The Hall–Kier alpha value is -2.30. The van der Waals surface area contributed by atoms with Crippen molar-refractivity contribution in [3.8, 4) is 17.0 Å². The molecule has 1 aliphatic heterocycles. The molecule has 1 saturated heterocycles. The summed E-state index contributed by atoms with van der Waals surface area (Å²) in [5.74, 6) is 1.52. The molecule has 0 amide bonds. The number of benzene rings is 2. The first-order valence-electron chi connectivity index (χ1n) is 12.3. The van der Waals surface area contributed by atoms with E-state index < -0.39 is 0 Å². The zero-order chi connectivity index (χ0) is 22.6. The fourth-order valence-electron chi connectivity index (χ4n) is 5.90. The molecular weight excluding hydrogens is 394 g/mol. The summed E-state index contributed by atoms with van der Waals surface area (Å²) < 4.78 is 5.59. The van der Waals surface area contributed by atoms with Gasteiger partial charge in [0.1, 0.15) is 5.75 Å². The summed E-state index contributed by atoms with van der Waals surface area (Å²) in [4.78, 5) is 6.29. The number of hydrogen-bond donors (Lipinski definition) is 2. The van der Waals surface area contributed by atoms with Crippen molar-refractivity contribution in [1.82, 2.24) is 15.2 Å². The van der Waals surface area contributed by atoms with Gasteiger partial charge in [-0.05, 0) is 80.1 Å². The topological polar surface area (TPSA) is 40.3 Å². The Kier molecular flexibility index (Phi) is 7.22. The molecule has 4 rings (SSSR count). The van der Waals surface area contributed by atoms with Crippen LogP contribution in [0.3, 0.4) is 0 Å². The number of likely N-dealkylation sites (N-methyl/N-ethyl adjacent to an activating group) is 1. The van der Waals surface area contributed by atoms with E-state index in [2.05, 4.69) is 72.5 Å². The van der Waals surface area contributed by atoms with E-state index in [9.17, 15) is 0 Å². The lowest BCUT2D eigenvalue weighted by Crippen LogP contribution is -2.49. The zero-order valence-corrected chi connectivity index (χ0v) is 20.2. The number of H-pyrrole nitrogens is 1. The molecule has 3 aromatic rings. The molecule has 2 unspecified atom stereocenters. The third-order valence-electron chi connectivity index (χ3n) is 7.59. The summed E-state index contributed by atoms with van der Waals surface area (Å²) in [5.41, 5.74) is 5.28. The second-order valence-corrected chi connectivity index (χ2v) is 9.42. The maximum atomic E-state index is 5.59. The number of methoxy groups -OCH3 is 1. The van der Waals surface area contributed by atoms with Crippen LogP contribution in [0, 0.1) is 5.41 Å². The van der Waals surface area contributed by atoms with Gasteiger partial charge in [0.15, 0.2) is 0 Å². The second-order valence-electron chi connectivity index (χ2n) is 9.42. The van der Waals surface area contributed by atoms with Gasteiger partial charge < -0.3 is 19.9 Å². The Morgan fingerprint density at radius 3 is 2.75 bits per heavy atom. The summed E-state index contributed by atoms with van der Waals surface area (Å²) in [6.45, 7) is 9.36. The predicted octanol–water partition coefficient (Wildman–Crippen LogP) is 6.05. The number of aromatic amines is 1. The van der Waals surface area contributed by atoms with Crippen molar-refractivity contribution in [2.75, 3.05) is 40.3 Å². The van der Waals surface area contributed by atoms with Crippen molar-refractivity contribution in [1.29, 1.82) is 0 Å². The fraction of sp³-hybridized carbons (Fsp3) is 0.500. The summed E-state index contributed by atoms with van der Waals surface area (Å²) in [6, 6.07) is 17.6. The molecule has 4 heteroatoms. The highest BCUT2D eigenvalue weighted by Crippen LogP contribution is 2.48. The molecule has 172 valence electrons. The average Bonchev–Trinajstić information content (AvgIpc) is 3.26. The Morgan fingerprint density at radius 2 is 2.00 bits per heavy atom. The van der Waals surface area contributed by atoms with Crippen LogP contribution in [0.1, 0.15) is 51.0 Å². The van der Waals surface area contributed by atoms with E-state index in [1.165, 1.54) is 55.2 Å². The van der Waals surface area contributed by atoms with E-state index in [1.54, 1.807) is 7.11 Å². The smallest absolute Gasteiger partial charge is 0.128 e. The first-order chi connectivity index (χ1) is 15.6. The second kappa shape index (κ2) is 10.1. The summed E-state index contributed by atoms with van der Waals surface area (Å²) >= 11 is 0. The van der Waals surface area contributed by atoms with Crippen LogP contribution in [0.5, 0.6) is 5.75 Å². The van der Waals surface area contributed by atoms with Crippen LogP contribution in [0.2, 0.25) is 0 Å². The van der Waals surface area contributed by atoms with E-state index in [1.807, 2.05) is 12.1 Å². The molecule has 4 nitrogen and oxygen atoms in total. The van der Waals surface area contributed by atoms with Crippen LogP contribution < -0.4 is 10.1 Å². The Bertz CT molecular complexity index is 1030. The Balaban J connectivity index is 1.67. The number of hydrogen-bond acceptors (Lipinski definition) is 3. The zero-order valence-electron chi connectivity index (χ0n) is 20.2. The predicted molar refractivity (Wildman–Crippen MR) is 136 cm³/mol. The van der Waals surface area contributed by atoms with Crippen molar-refractivity contribution in [2.45, 2.75) is 45.4 Å². The number of likely N-dealkylation sites (tertiary alicyclic amines) is 1. The third-order valence-corrected chi connectivity index (χ3v) is 7.59. The van der Waals surface area contributed by atoms with Gasteiger partial charge in [-0.1, -0.05) is 38.5 Å². The maximum Gasteiger partial charge on any atom is 0.128 e. The molecule has 0 aliphatic carbocycles. The average molecular weight is 434 g/mol. The molecule has 32 heavy (non-hydrogen) atoms. The van der Waals surface area contributed by atoms with E-state index in [4.69, 9.17) is 4.74 Å². The quantitative estimate of drug-likeness (QED) is 0.432. The number of piperidine rings is 1. The van der Waals surface area contributed by atoms with Gasteiger partial charge in [0, 0.05) is 36.1 Å². The van der Waals surface area contributed by atoms with E-state index in [0.29, 0.717) is 11.3 Å². The molecule has 1 aliphatic rings. The van der Waals surface area contributed by atoms with Gasteiger partial charge in [-0.3, -0.25) is 0 Å². The van der Waals surface area contributed by atoms with Crippen LogP contribution in [-0.4, -0.2) is 50.2 Å². The highest BCUT2D eigenvalue weighted by molar-refractivity contribution is 5.87. The normalized spacial score (nSPS) is 21.8. The number of nitrogens with zero attached hydrogens (tertiary/aromatic N) is 1. The maximum absolute atomic E-state index is 5.59. The van der Waals surface area contributed by atoms with Crippen molar-refractivity contribution in [3.63, 3.8) is 0 Å². The minimum atomic E-state index is 0.357. The van der Waals surface area contributed by atoms with Crippen LogP contribution >= 0.6 is 0 Å². The van der Waals surface area contributed by atoms with Crippen LogP contribution in [0.25, 0.3) is 22.2 Å². The number of nitrogens with one attached hydrogen (secondary N) is 2. The largest absolute Gasteiger partial charge is 0.496 e. The summed E-state index contributed by atoms with van der Waals surface area (Å²) in [5, 5.41) is 4.62. The van der Waals surface area contributed by atoms with Gasteiger partial charge in [-0.2, -0.15) is 0 Å². The van der Waals surface area contributed by atoms with Gasteiger partial charge in [-0.25, -0.2) is 0 Å². The molecule has 1 fully saturated rings.